The second-order valence-corrected chi connectivity index (χ2v) is 6.11. The number of carboxylic acid groups (broad SMARTS) is 1. The van der Waals surface area contributed by atoms with Gasteiger partial charge in [-0.3, -0.25) is 9.59 Å². The maximum absolute atomic E-state index is 11.8. The van der Waals surface area contributed by atoms with Crippen LogP contribution < -0.4 is 5.32 Å². The quantitative estimate of drug-likeness (QED) is 0.735. The Morgan fingerprint density at radius 1 is 1.32 bits per heavy atom. The molecule has 1 amide bonds. The fourth-order valence-electron chi connectivity index (χ4n) is 1.71. The largest absolute Gasteiger partial charge is 0.481 e. The van der Waals surface area contributed by atoms with Crippen LogP contribution in [0.15, 0.2) is 18.3 Å². The zero-order chi connectivity index (χ0) is 14.7. The minimum atomic E-state index is -1.04. The number of hydrogen-bond acceptors (Lipinski definition) is 2. The smallest absolute Gasteiger partial charge is 0.309 e. The van der Waals surface area contributed by atoms with E-state index in [1.807, 2.05) is 32.2 Å². The summed E-state index contributed by atoms with van der Waals surface area (Å²) in [7, 11) is 0. The summed E-state index contributed by atoms with van der Waals surface area (Å²) < 4.78 is 0. The van der Waals surface area contributed by atoms with Crippen molar-refractivity contribution >= 4 is 11.9 Å². The summed E-state index contributed by atoms with van der Waals surface area (Å²) in [5.41, 5.74) is -0.224. The first-order valence-corrected chi connectivity index (χ1v) is 6.29. The number of carboxylic acids is 1. The number of carbonyl (C=O) groups excluding carboxylic acids is 1. The minimum Gasteiger partial charge on any atom is -0.481 e. The van der Waals surface area contributed by atoms with Gasteiger partial charge in [-0.15, -0.1) is 0 Å². The predicted octanol–water partition coefficient (Wildman–Crippen LogP) is 1.91. The van der Waals surface area contributed by atoms with E-state index in [1.165, 1.54) is 0 Å². The molecular formula is C14H22N2O3. The Kier molecular flexibility index (Phi) is 4.39. The van der Waals surface area contributed by atoms with Crippen LogP contribution >= 0.6 is 0 Å². The normalized spacial score (nSPS) is 12.2. The first kappa shape index (κ1) is 15.3. The van der Waals surface area contributed by atoms with Crippen molar-refractivity contribution in [1.29, 1.82) is 0 Å². The van der Waals surface area contributed by atoms with Crippen molar-refractivity contribution in [1.82, 2.24) is 10.3 Å². The molecule has 1 aromatic rings. The van der Waals surface area contributed by atoms with Gasteiger partial charge in [0.05, 0.1) is 5.41 Å². The number of amides is 1. The molecule has 1 rings (SSSR count). The molecule has 106 valence electrons. The van der Waals surface area contributed by atoms with Crippen LogP contribution in [0.5, 0.6) is 0 Å². The molecule has 1 aromatic heterocycles. The SMILES string of the molecule is CC(C)(CC(=O)NCC(C)(C)c1ccc[nH]1)C(=O)O. The molecule has 0 fully saturated rings. The Morgan fingerprint density at radius 3 is 2.42 bits per heavy atom. The Morgan fingerprint density at radius 2 is 1.95 bits per heavy atom. The van der Waals surface area contributed by atoms with Crippen LogP contribution in [0.1, 0.15) is 39.8 Å². The first-order valence-electron chi connectivity index (χ1n) is 6.29. The van der Waals surface area contributed by atoms with E-state index in [9.17, 15) is 9.59 Å². The molecular weight excluding hydrogens is 244 g/mol. The van der Waals surface area contributed by atoms with Crippen molar-refractivity contribution < 1.29 is 14.7 Å². The van der Waals surface area contributed by atoms with Gasteiger partial charge in [0.15, 0.2) is 0 Å². The van der Waals surface area contributed by atoms with Crippen LogP contribution in [-0.2, 0) is 15.0 Å². The maximum atomic E-state index is 11.8. The second-order valence-electron chi connectivity index (χ2n) is 6.11. The van der Waals surface area contributed by atoms with Crippen molar-refractivity contribution in [3.8, 4) is 0 Å². The molecule has 0 bridgehead atoms. The molecule has 0 spiro atoms. The Hall–Kier alpha value is -1.78. The lowest BCUT2D eigenvalue weighted by Gasteiger charge is -2.25. The highest BCUT2D eigenvalue weighted by Crippen LogP contribution is 2.22. The van der Waals surface area contributed by atoms with Crippen molar-refractivity contribution in [2.75, 3.05) is 6.54 Å². The van der Waals surface area contributed by atoms with E-state index in [0.29, 0.717) is 6.54 Å². The summed E-state index contributed by atoms with van der Waals surface area (Å²) in [5, 5.41) is 11.8. The zero-order valence-electron chi connectivity index (χ0n) is 11.9. The topological polar surface area (TPSA) is 82.2 Å². The van der Waals surface area contributed by atoms with Crippen molar-refractivity contribution in [2.45, 2.75) is 39.5 Å². The third-order valence-corrected chi connectivity index (χ3v) is 3.24. The predicted molar refractivity (Wildman–Crippen MR) is 72.9 cm³/mol. The minimum absolute atomic E-state index is 0.0247. The van der Waals surface area contributed by atoms with E-state index in [4.69, 9.17) is 5.11 Å². The lowest BCUT2D eigenvalue weighted by atomic mass is 9.87. The summed E-state index contributed by atoms with van der Waals surface area (Å²) in [6, 6.07) is 3.87. The summed E-state index contributed by atoms with van der Waals surface area (Å²) in [6.07, 6.45) is 1.82. The van der Waals surface area contributed by atoms with Gasteiger partial charge in [-0.1, -0.05) is 13.8 Å². The molecule has 0 aromatic carbocycles. The van der Waals surface area contributed by atoms with E-state index in [2.05, 4.69) is 10.3 Å². The molecule has 3 N–H and O–H groups in total. The van der Waals surface area contributed by atoms with Gasteiger partial charge in [0.2, 0.25) is 5.91 Å². The number of H-pyrrole nitrogens is 1. The molecule has 0 unspecified atom stereocenters. The van der Waals surface area contributed by atoms with E-state index < -0.39 is 11.4 Å². The Labute approximate surface area is 113 Å². The van der Waals surface area contributed by atoms with Crippen LogP contribution in [-0.4, -0.2) is 28.5 Å². The molecule has 0 radical (unpaired) electrons. The van der Waals surface area contributed by atoms with E-state index in [0.717, 1.165) is 5.69 Å². The molecule has 1 heterocycles. The third kappa shape index (κ3) is 4.12. The summed E-state index contributed by atoms with van der Waals surface area (Å²) in [4.78, 5) is 25.9. The second kappa shape index (κ2) is 5.47. The number of carbonyl (C=O) groups is 2. The average Bonchev–Trinajstić information content (AvgIpc) is 2.79. The summed E-state index contributed by atoms with van der Waals surface area (Å²) in [5.74, 6) is -1.21. The highest BCUT2D eigenvalue weighted by atomic mass is 16.4. The molecule has 0 aliphatic rings. The standard InChI is InChI=1S/C14H22N2O3/c1-13(2,12(18)19)8-11(17)16-9-14(3,4)10-6-5-7-15-10/h5-7,15H,8-9H2,1-4H3,(H,16,17)(H,18,19). The van der Waals surface area contributed by atoms with Crippen LogP contribution in [0.3, 0.4) is 0 Å². The van der Waals surface area contributed by atoms with Gasteiger partial charge in [0.25, 0.3) is 0 Å². The molecule has 0 saturated carbocycles. The fraction of sp³-hybridized carbons (Fsp3) is 0.571. The van der Waals surface area contributed by atoms with E-state index in [-0.39, 0.29) is 17.7 Å². The molecule has 0 aliphatic carbocycles. The van der Waals surface area contributed by atoms with Gasteiger partial charge >= 0.3 is 5.97 Å². The summed E-state index contributed by atoms with van der Waals surface area (Å²) in [6.45, 7) is 7.58. The van der Waals surface area contributed by atoms with Gasteiger partial charge < -0.3 is 15.4 Å². The number of rotatable bonds is 6. The average molecular weight is 266 g/mol. The molecule has 19 heavy (non-hydrogen) atoms. The Bertz CT molecular complexity index is 447. The molecule has 0 atom stereocenters. The number of aliphatic carboxylic acids is 1. The molecule has 0 saturated heterocycles. The van der Waals surface area contributed by atoms with Gasteiger partial charge in [0, 0.05) is 30.3 Å². The fourth-order valence-corrected chi connectivity index (χ4v) is 1.71. The van der Waals surface area contributed by atoms with Crippen molar-refractivity contribution in [3.63, 3.8) is 0 Å². The highest BCUT2D eigenvalue weighted by molar-refractivity contribution is 5.84. The van der Waals surface area contributed by atoms with Gasteiger partial charge in [0.1, 0.15) is 0 Å². The van der Waals surface area contributed by atoms with Crippen LogP contribution in [0.4, 0.5) is 0 Å². The number of nitrogens with one attached hydrogen (secondary N) is 2. The number of aromatic nitrogens is 1. The van der Waals surface area contributed by atoms with E-state index in [1.54, 1.807) is 13.8 Å². The molecule has 5 nitrogen and oxygen atoms in total. The lowest BCUT2D eigenvalue weighted by Crippen LogP contribution is -2.39. The van der Waals surface area contributed by atoms with Gasteiger partial charge in [-0.05, 0) is 26.0 Å². The summed E-state index contributed by atoms with van der Waals surface area (Å²) >= 11 is 0. The van der Waals surface area contributed by atoms with Crippen molar-refractivity contribution in [3.05, 3.63) is 24.0 Å². The lowest BCUT2D eigenvalue weighted by molar-refractivity contribution is -0.149. The number of hydrogen-bond donors (Lipinski definition) is 3. The van der Waals surface area contributed by atoms with E-state index >= 15 is 0 Å². The van der Waals surface area contributed by atoms with Gasteiger partial charge in [-0.2, -0.15) is 0 Å². The maximum Gasteiger partial charge on any atom is 0.309 e. The van der Waals surface area contributed by atoms with Crippen LogP contribution in [0, 0.1) is 5.41 Å². The molecule has 0 aliphatic heterocycles. The van der Waals surface area contributed by atoms with Gasteiger partial charge in [-0.25, -0.2) is 0 Å². The first-order chi connectivity index (χ1) is 8.65. The zero-order valence-corrected chi connectivity index (χ0v) is 11.9. The van der Waals surface area contributed by atoms with Crippen LogP contribution in [0.2, 0.25) is 0 Å². The van der Waals surface area contributed by atoms with Crippen molar-refractivity contribution in [2.24, 2.45) is 5.41 Å². The Balaban J connectivity index is 2.53. The van der Waals surface area contributed by atoms with Crippen LogP contribution in [0.25, 0.3) is 0 Å². The number of aromatic amines is 1. The third-order valence-electron chi connectivity index (χ3n) is 3.24. The monoisotopic (exact) mass is 266 g/mol. The highest BCUT2D eigenvalue weighted by Gasteiger charge is 2.31. The molecule has 5 heteroatoms.